The van der Waals surface area contributed by atoms with Gasteiger partial charge >= 0.3 is 0 Å². The van der Waals surface area contributed by atoms with Gasteiger partial charge in [-0.15, -0.1) is 0 Å². The molecule has 2 heteroatoms. The number of benzene rings is 1. The predicted molar refractivity (Wildman–Crippen MR) is 65.4 cm³/mol. The first-order chi connectivity index (χ1) is 6.95. The van der Waals surface area contributed by atoms with Crippen molar-refractivity contribution in [1.82, 2.24) is 0 Å². The van der Waals surface area contributed by atoms with Crippen molar-refractivity contribution in [2.45, 2.75) is 26.2 Å². The fraction of sp³-hybridized carbons (Fsp3) is 0.538. The minimum Gasteiger partial charge on any atom is -0.364 e. The molecule has 0 atom stereocenters. The van der Waals surface area contributed by atoms with Gasteiger partial charge in [-0.2, -0.15) is 0 Å². The van der Waals surface area contributed by atoms with E-state index in [4.69, 9.17) is 4.74 Å². The van der Waals surface area contributed by atoms with Crippen LogP contribution >= 0.6 is 0 Å². The first-order valence-electron chi connectivity index (χ1n) is 5.26. The van der Waals surface area contributed by atoms with Crippen LogP contribution in [0.1, 0.15) is 26.3 Å². The van der Waals surface area contributed by atoms with Gasteiger partial charge in [0.2, 0.25) is 0 Å². The SMILES string of the molecule is COCN(C)c1ccc(C(C)(C)C)cc1. The predicted octanol–water partition coefficient (Wildman–Crippen LogP) is 3.02. The van der Waals surface area contributed by atoms with Gasteiger partial charge in [0.15, 0.2) is 0 Å². The molecule has 0 radical (unpaired) electrons. The summed E-state index contributed by atoms with van der Waals surface area (Å²) in [6.45, 7) is 7.29. The molecule has 0 heterocycles. The highest BCUT2D eigenvalue weighted by Gasteiger charge is 2.13. The second-order valence-electron chi connectivity index (χ2n) is 4.91. The van der Waals surface area contributed by atoms with Crippen molar-refractivity contribution in [3.8, 4) is 0 Å². The van der Waals surface area contributed by atoms with Crippen LogP contribution in [0.4, 0.5) is 5.69 Å². The molecular weight excluding hydrogens is 186 g/mol. The maximum absolute atomic E-state index is 5.08. The molecule has 0 aliphatic rings. The van der Waals surface area contributed by atoms with E-state index in [1.54, 1.807) is 7.11 Å². The normalized spacial score (nSPS) is 11.5. The number of ether oxygens (including phenoxy) is 1. The van der Waals surface area contributed by atoms with Gasteiger partial charge in [-0.1, -0.05) is 32.9 Å². The number of hydrogen-bond acceptors (Lipinski definition) is 2. The molecule has 84 valence electrons. The molecule has 1 aromatic carbocycles. The Hall–Kier alpha value is -1.02. The van der Waals surface area contributed by atoms with Crippen LogP contribution in [0.2, 0.25) is 0 Å². The third kappa shape index (κ3) is 3.24. The van der Waals surface area contributed by atoms with E-state index >= 15 is 0 Å². The van der Waals surface area contributed by atoms with Crippen LogP contribution in [0.25, 0.3) is 0 Å². The Morgan fingerprint density at radius 2 is 1.67 bits per heavy atom. The van der Waals surface area contributed by atoms with Crippen LogP contribution in [-0.2, 0) is 10.2 Å². The van der Waals surface area contributed by atoms with E-state index < -0.39 is 0 Å². The minimum atomic E-state index is 0.221. The fourth-order valence-corrected chi connectivity index (χ4v) is 1.48. The second kappa shape index (κ2) is 4.67. The maximum Gasteiger partial charge on any atom is 0.118 e. The standard InChI is InChI=1S/C13H21NO/c1-13(2,3)11-6-8-12(9-7-11)14(4)10-15-5/h6-9H,10H2,1-5H3. The Labute approximate surface area is 92.9 Å². The highest BCUT2D eigenvalue weighted by molar-refractivity contribution is 5.47. The molecule has 0 bridgehead atoms. The lowest BCUT2D eigenvalue weighted by atomic mass is 9.87. The molecule has 15 heavy (non-hydrogen) atoms. The third-order valence-corrected chi connectivity index (χ3v) is 2.50. The summed E-state index contributed by atoms with van der Waals surface area (Å²) in [5.74, 6) is 0. The van der Waals surface area contributed by atoms with Crippen LogP contribution in [-0.4, -0.2) is 20.9 Å². The zero-order chi connectivity index (χ0) is 11.5. The largest absolute Gasteiger partial charge is 0.364 e. The van der Waals surface area contributed by atoms with E-state index in [1.165, 1.54) is 11.3 Å². The number of nitrogens with zero attached hydrogens (tertiary/aromatic N) is 1. The summed E-state index contributed by atoms with van der Waals surface area (Å²) in [6.07, 6.45) is 0. The van der Waals surface area contributed by atoms with Crippen molar-refractivity contribution in [2.24, 2.45) is 0 Å². The van der Waals surface area contributed by atoms with Gasteiger partial charge in [0, 0.05) is 19.8 Å². The summed E-state index contributed by atoms with van der Waals surface area (Å²) >= 11 is 0. The van der Waals surface area contributed by atoms with Crippen molar-refractivity contribution >= 4 is 5.69 Å². The monoisotopic (exact) mass is 207 g/mol. The lowest BCUT2D eigenvalue weighted by Crippen LogP contribution is -2.20. The van der Waals surface area contributed by atoms with E-state index in [0.717, 1.165) is 0 Å². The zero-order valence-electron chi connectivity index (χ0n) is 10.4. The molecular formula is C13H21NO. The molecule has 2 nitrogen and oxygen atoms in total. The van der Waals surface area contributed by atoms with Crippen LogP contribution in [0, 0.1) is 0 Å². The molecule has 0 saturated heterocycles. The van der Waals surface area contributed by atoms with Gasteiger partial charge in [-0.25, -0.2) is 0 Å². The van der Waals surface area contributed by atoms with Gasteiger partial charge in [0.25, 0.3) is 0 Å². The van der Waals surface area contributed by atoms with E-state index in [1.807, 2.05) is 7.05 Å². The highest BCUT2D eigenvalue weighted by atomic mass is 16.5. The van der Waals surface area contributed by atoms with Crippen LogP contribution in [0.15, 0.2) is 24.3 Å². The maximum atomic E-state index is 5.08. The van der Waals surface area contributed by atoms with E-state index in [2.05, 4.69) is 49.9 Å². The molecule has 0 spiro atoms. The molecule has 0 amide bonds. The lowest BCUT2D eigenvalue weighted by molar-refractivity contribution is 0.202. The Morgan fingerprint density at radius 3 is 2.07 bits per heavy atom. The number of methoxy groups -OCH3 is 1. The Balaban J connectivity index is 2.81. The van der Waals surface area contributed by atoms with Crippen molar-refractivity contribution in [3.63, 3.8) is 0 Å². The van der Waals surface area contributed by atoms with Gasteiger partial charge in [0.05, 0.1) is 0 Å². The average Bonchev–Trinajstić information content (AvgIpc) is 2.17. The van der Waals surface area contributed by atoms with E-state index in [-0.39, 0.29) is 5.41 Å². The molecule has 1 rings (SSSR count). The molecule has 0 unspecified atom stereocenters. The third-order valence-electron chi connectivity index (χ3n) is 2.50. The Bertz CT molecular complexity index is 297. The summed E-state index contributed by atoms with van der Waals surface area (Å²) in [4.78, 5) is 2.08. The van der Waals surface area contributed by atoms with Crippen molar-refractivity contribution in [1.29, 1.82) is 0 Å². The molecule has 1 aromatic rings. The molecule has 0 fully saturated rings. The average molecular weight is 207 g/mol. The van der Waals surface area contributed by atoms with Gasteiger partial charge in [0.1, 0.15) is 6.73 Å². The molecule has 0 saturated carbocycles. The molecule has 0 aromatic heterocycles. The Morgan fingerprint density at radius 1 is 1.13 bits per heavy atom. The molecule has 0 aliphatic carbocycles. The number of rotatable bonds is 3. The minimum absolute atomic E-state index is 0.221. The smallest absolute Gasteiger partial charge is 0.118 e. The summed E-state index contributed by atoms with van der Waals surface area (Å²) in [5, 5.41) is 0. The second-order valence-corrected chi connectivity index (χ2v) is 4.91. The van der Waals surface area contributed by atoms with Crippen LogP contribution in [0.5, 0.6) is 0 Å². The van der Waals surface area contributed by atoms with Gasteiger partial charge in [-0.3, -0.25) is 0 Å². The summed E-state index contributed by atoms with van der Waals surface area (Å²) < 4.78 is 5.08. The first-order valence-corrected chi connectivity index (χ1v) is 5.26. The molecule has 0 N–H and O–H groups in total. The van der Waals surface area contributed by atoms with Crippen molar-refractivity contribution in [2.75, 3.05) is 25.8 Å². The van der Waals surface area contributed by atoms with Crippen molar-refractivity contribution in [3.05, 3.63) is 29.8 Å². The highest BCUT2D eigenvalue weighted by Crippen LogP contribution is 2.24. The first kappa shape index (κ1) is 12.1. The topological polar surface area (TPSA) is 12.5 Å². The summed E-state index contributed by atoms with van der Waals surface area (Å²) in [6, 6.07) is 8.64. The van der Waals surface area contributed by atoms with E-state index in [0.29, 0.717) is 6.73 Å². The summed E-state index contributed by atoms with van der Waals surface area (Å²) in [7, 11) is 3.73. The van der Waals surface area contributed by atoms with Gasteiger partial charge in [-0.05, 0) is 23.1 Å². The number of anilines is 1. The van der Waals surface area contributed by atoms with Crippen LogP contribution in [0.3, 0.4) is 0 Å². The Kier molecular flexibility index (Phi) is 3.75. The van der Waals surface area contributed by atoms with Gasteiger partial charge < -0.3 is 9.64 Å². The van der Waals surface area contributed by atoms with Crippen molar-refractivity contribution < 1.29 is 4.74 Å². The fourth-order valence-electron chi connectivity index (χ4n) is 1.48. The summed E-state index contributed by atoms with van der Waals surface area (Å²) in [5.41, 5.74) is 2.76. The van der Waals surface area contributed by atoms with Crippen LogP contribution < -0.4 is 4.90 Å². The quantitative estimate of drug-likeness (QED) is 0.706. The number of hydrogen-bond donors (Lipinski definition) is 0. The lowest BCUT2D eigenvalue weighted by Gasteiger charge is -2.22. The zero-order valence-corrected chi connectivity index (χ0v) is 10.4. The van der Waals surface area contributed by atoms with E-state index in [9.17, 15) is 0 Å². The molecule has 0 aliphatic heterocycles.